The number of fused-ring (bicyclic) bond motifs is 1. The molecular weight excluding hydrogens is 270 g/mol. The van der Waals surface area contributed by atoms with Crippen LogP contribution in [-0.2, 0) is 24.2 Å². The van der Waals surface area contributed by atoms with E-state index in [4.69, 9.17) is 9.84 Å². The molecule has 1 aromatic heterocycles. The molecule has 0 bridgehead atoms. The van der Waals surface area contributed by atoms with Crippen molar-refractivity contribution in [2.45, 2.75) is 25.8 Å². The number of aliphatic carboxylic acids is 1. The number of carbonyl (C=O) groups is 1. The number of nitrogens with zero attached hydrogens (tertiary/aromatic N) is 3. The molecule has 6 heteroatoms. The molecule has 0 amide bonds. The lowest BCUT2D eigenvalue weighted by Gasteiger charge is -2.18. The fourth-order valence-electron chi connectivity index (χ4n) is 2.56. The van der Waals surface area contributed by atoms with Gasteiger partial charge in [0.05, 0.1) is 19.6 Å². The number of methoxy groups -OCH3 is 1. The van der Waals surface area contributed by atoms with Gasteiger partial charge in [0.25, 0.3) is 0 Å². The number of aromatic nitrogens is 3. The van der Waals surface area contributed by atoms with E-state index in [-0.39, 0.29) is 5.92 Å². The van der Waals surface area contributed by atoms with E-state index in [9.17, 15) is 4.79 Å². The van der Waals surface area contributed by atoms with Crippen molar-refractivity contribution in [1.82, 2.24) is 14.8 Å². The van der Waals surface area contributed by atoms with E-state index >= 15 is 0 Å². The number of ether oxygens (including phenoxy) is 1. The van der Waals surface area contributed by atoms with E-state index in [0.717, 1.165) is 23.0 Å². The predicted octanol–water partition coefficient (Wildman–Crippen LogP) is 1.52. The second-order valence-corrected chi connectivity index (χ2v) is 5.23. The van der Waals surface area contributed by atoms with Crippen LogP contribution in [0.1, 0.15) is 23.6 Å². The lowest BCUT2D eigenvalue weighted by atomic mass is 10.0. The Morgan fingerprint density at radius 2 is 2.19 bits per heavy atom. The molecule has 21 heavy (non-hydrogen) atoms. The molecule has 0 radical (unpaired) electrons. The number of aryl methyl sites for hydroxylation is 1. The molecule has 0 spiro atoms. The van der Waals surface area contributed by atoms with Crippen LogP contribution in [0.2, 0.25) is 0 Å². The Kier molecular flexibility index (Phi) is 3.60. The van der Waals surface area contributed by atoms with Crippen LogP contribution < -0.4 is 4.74 Å². The van der Waals surface area contributed by atoms with Crippen LogP contribution in [0, 0.1) is 5.92 Å². The quantitative estimate of drug-likeness (QED) is 0.922. The van der Waals surface area contributed by atoms with Gasteiger partial charge in [-0.1, -0.05) is 12.1 Å². The summed E-state index contributed by atoms with van der Waals surface area (Å²) in [6.07, 6.45) is 1.95. The van der Waals surface area contributed by atoms with E-state index in [1.807, 2.05) is 24.3 Å². The first-order chi connectivity index (χ1) is 10.2. The van der Waals surface area contributed by atoms with Gasteiger partial charge in [-0.05, 0) is 24.1 Å². The molecule has 6 nitrogen and oxygen atoms in total. The molecular formula is C15H17N3O3. The number of rotatable bonds is 4. The number of carboxylic acids is 1. The number of hydrogen-bond acceptors (Lipinski definition) is 4. The van der Waals surface area contributed by atoms with Gasteiger partial charge in [0.15, 0.2) is 5.82 Å². The van der Waals surface area contributed by atoms with Gasteiger partial charge in [-0.2, -0.15) is 5.10 Å². The fraction of sp³-hybridized carbons (Fsp3) is 0.400. The van der Waals surface area contributed by atoms with E-state index < -0.39 is 5.97 Å². The highest BCUT2D eigenvalue weighted by atomic mass is 16.5. The summed E-state index contributed by atoms with van der Waals surface area (Å²) >= 11 is 0. The van der Waals surface area contributed by atoms with E-state index in [0.29, 0.717) is 25.8 Å². The van der Waals surface area contributed by atoms with Crippen molar-refractivity contribution in [2.24, 2.45) is 5.92 Å². The summed E-state index contributed by atoms with van der Waals surface area (Å²) in [6, 6.07) is 7.79. The van der Waals surface area contributed by atoms with Crippen molar-refractivity contribution in [2.75, 3.05) is 7.11 Å². The highest BCUT2D eigenvalue weighted by molar-refractivity contribution is 5.70. The Labute approximate surface area is 122 Å². The summed E-state index contributed by atoms with van der Waals surface area (Å²) in [7, 11) is 1.64. The fourth-order valence-corrected chi connectivity index (χ4v) is 2.56. The van der Waals surface area contributed by atoms with Gasteiger partial charge >= 0.3 is 5.97 Å². The summed E-state index contributed by atoms with van der Waals surface area (Å²) in [5.41, 5.74) is 1.11. The Morgan fingerprint density at radius 3 is 2.86 bits per heavy atom. The molecule has 1 atom stereocenters. The van der Waals surface area contributed by atoms with Crippen molar-refractivity contribution in [3.05, 3.63) is 41.5 Å². The zero-order valence-electron chi connectivity index (χ0n) is 11.8. The average Bonchev–Trinajstić information content (AvgIpc) is 2.89. The lowest BCUT2D eigenvalue weighted by Crippen LogP contribution is -2.27. The van der Waals surface area contributed by atoms with E-state index in [1.54, 1.807) is 11.8 Å². The largest absolute Gasteiger partial charge is 0.497 e. The number of hydrogen-bond donors (Lipinski definition) is 1. The van der Waals surface area contributed by atoms with E-state index in [2.05, 4.69) is 10.1 Å². The van der Waals surface area contributed by atoms with Crippen molar-refractivity contribution in [3.63, 3.8) is 0 Å². The van der Waals surface area contributed by atoms with Crippen LogP contribution in [-0.4, -0.2) is 33.0 Å². The van der Waals surface area contributed by atoms with E-state index in [1.165, 1.54) is 0 Å². The Balaban J connectivity index is 1.74. The van der Waals surface area contributed by atoms with Crippen LogP contribution in [0.5, 0.6) is 5.75 Å². The normalized spacial score (nSPS) is 17.3. The maximum Gasteiger partial charge on any atom is 0.308 e. The maximum atomic E-state index is 11.0. The summed E-state index contributed by atoms with van der Waals surface area (Å²) in [6.45, 7) is 0.417. The van der Waals surface area contributed by atoms with Crippen molar-refractivity contribution < 1.29 is 14.6 Å². The van der Waals surface area contributed by atoms with Crippen LogP contribution in [0.25, 0.3) is 0 Å². The summed E-state index contributed by atoms with van der Waals surface area (Å²) in [4.78, 5) is 15.6. The topological polar surface area (TPSA) is 77.2 Å². The first-order valence-electron chi connectivity index (χ1n) is 6.94. The summed E-state index contributed by atoms with van der Waals surface area (Å²) < 4.78 is 6.87. The SMILES string of the molecule is COc1ccc(Cc2nc3n(n2)CC(C(=O)O)CC3)cc1. The third-order valence-electron chi connectivity index (χ3n) is 3.77. The monoisotopic (exact) mass is 287 g/mol. The Bertz CT molecular complexity index is 649. The van der Waals surface area contributed by atoms with Crippen molar-refractivity contribution in [3.8, 4) is 5.75 Å². The van der Waals surface area contributed by atoms with Crippen LogP contribution in [0.3, 0.4) is 0 Å². The molecule has 0 aliphatic carbocycles. The number of benzene rings is 1. The Morgan fingerprint density at radius 1 is 1.43 bits per heavy atom. The van der Waals surface area contributed by atoms with Crippen LogP contribution >= 0.6 is 0 Å². The minimum atomic E-state index is -0.757. The van der Waals surface area contributed by atoms with Crippen molar-refractivity contribution in [1.29, 1.82) is 0 Å². The van der Waals surface area contributed by atoms with Gasteiger partial charge in [0, 0.05) is 12.8 Å². The molecule has 1 aliphatic heterocycles. The molecule has 0 saturated carbocycles. The van der Waals surface area contributed by atoms with Crippen LogP contribution in [0.15, 0.2) is 24.3 Å². The third-order valence-corrected chi connectivity index (χ3v) is 3.77. The molecule has 1 N–H and O–H groups in total. The van der Waals surface area contributed by atoms with Gasteiger partial charge in [-0.25, -0.2) is 9.67 Å². The van der Waals surface area contributed by atoms with Gasteiger partial charge in [-0.3, -0.25) is 4.79 Å². The molecule has 1 aliphatic rings. The first kappa shape index (κ1) is 13.6. The number of carboxylic acid groups (broad SMARTS) is 1. The zero-order chi connectivity index (χ0) is 14.8. The first-order valence-corrected chi connectivity index (χ1v) is 6.94. The second-order valence-electron chi connectivity index (χ2n) is 5.23. The molecule has 1 aromatic carbocycles. The summed E-state index contributed by atoms with van der Waals surface area (Å²) in [5, 5.41) is 13.5. The minimum absolute atomic E-state index is 0.354. The van der Waals surface area contributed by atoms with Gasteiger partial charge < -0.3 is 9.84 Å². The summed E-state index contributed by atoms with van der Waals surface area (Å²) in [5.74, 6) is 1.33. The lowest BCUT2D eigenvalue weighted by molar-refractivity contribution is -0.142. The predicted molar refractivity (Wildman–Crippen MR) is 75.3 cm³/mol. The van der Waals surface area contributed by atoms with Crippen molar-refractivity contribution >= 4 is 5.97 Å². The standard InChI is InChI=1S/C15H17N3O3/c1-21-12-5-2-10(3-6-12)8-13-16-14-7-4-11(15(19)20)9-18(14)17-13/h2-3,5-6,11H,4,7-9H2,1H3,(H,19,20). The van der Waals surface area contributed by atoms with Crippen LogP contribution in [0.4, 0.5) is 0 Å². The molecule has 0 fully saturated rings. The minimum Gasteiger partial charge on any atom is -0.497 e. The molecule has 0 saturated heterocycles. The van der Waals surface area contributed by atoms with Gasteiger partial charge in [0.1, 0.15) is 11.6 Å². The highest BCUT2D eigenvalue weighted by Gasteiger charge is 2.26. The molecule has 3 rings (SSSR count). The molecule has 2 aromatic rings. The Hall–Kier alpha value is -2.37. The van der Waals surface area contributed by atoms with Gasteiger partial charge in [-0.15, -0.1) is 0 Å². The zero-order valence-corrected chi connectivity index (χ0v) is 11.8. The highest BCUT2D eigenvalue weighted by Crippen LogP contribution is 2.20. The molecule has 2 heterocycles. The average molecular weight is 287 g/mol. The van der Waals surface area contributed by atoms with Gasteiger partial charge in [0.2, 0.25) is 0 Å². The maximum absolute atomic E-state index is 11.0. The smallest absolute Gasteiger partial charge is 0.308 e. The molecule has 110 valence electrons. The molecule has 1 unspecified atom stereocenters. The third kappa shape index (κ3) is 2.89. The second kappa shape index (κ2) is 5.55.